The number of hydrogen-bond acceptors (Lipinski definition) is 4. The van der Waals surface area contributed by atoms with E-state index < -0.39 is 0 Å². The molecule has 0 unspecified atom stereocenters. The summed E-state index contributed by atoms with van der Waals surface area (Å²) in [4.78, 5) is 15.1. The predicted octanol–water partition coefficient (Wildman–Crippen LogP) is 3.20. The van der Waals surface area contributed by atoms with Crippen LogP contribution in [0, 0.1) is 0 Å². The lowest BCUT2D eigenvalue weighted by molar-refractivity contribution is -0.00697. The molecule has 2 atom stereocenters. The molecule has 1 aliphatic rings. The number of carbonyl (C=O) groups is 1. The van der Waals surface area contributed by atoms with Gasteiger partial charge in [-0.2, -0.15) is 5.10 Å². The van der Waals surface area contributed by atoms with Crippen LogP contribution in [0.3, 0.4) is 0 Å². The molecule has 0 bridgehead atoms. The first-order valence-corrected chi connectivity index (χ1v) is 9.83. The highest BCUT2D eigenvalue weighted by Gasteiger charge is 2.29. The van der Waals surface area contributed by atoms with Crippen LogP contribution in [0.4, 0.5) is 0 Å². The van der Waals surface area contributed by atoms with Gasteiger partial charge in [0.15, 0.2) is 5.69 Å². The van der Waals surface area contributed by atoms with Crippen LogP contribution in [0.25, 0.3) is 0 Å². The highest BCUT2D eigenvalue weighted by Crippen LogP contribution is 2.30. The van der Waals surface area contributed by atoms with E-state index in [-0.39, 0.29) is 18.1 Å². The van der Waals surface area contributed by atoms with E-state index in [1.54, 1.807) is 0 Å². The maximum Gasteiger partial charge on any atom is 0.272 e. The SMILES string of the molecule is CCN(CC)Cc1ccccc1CNC(=O)c1n[nH]c2c1C[C@H](C)O[C@@H]2C. The van der Waals surface area contributed by atoms with E-state index in [4.69, 9.17) is 4.74 Å². The number of aromatic nitrogens is 2. The number of amides is 1. The molecule has 27 heavy (non-hydrogen) atoms. The van der Waals surface area contributed by atoms with Gasteiger partial charge in [0.25, 0.3) is 5.91 Å². The summed E-state index contributed by atoms with van der Waals surface area (Å²) in [7, 11) is 0. The Morgan fingerprint density at radius 3 is 2.67 bits per heavy atom. The van der Waals surface area contributed by atoms with Crippen molar-refractivity contribution >= 4 is 5.91 Å². The molecule has 0 aliphatic carbocycles. The van der Waals surface area contributed by atoms with Crippen molar-refractivity contribution in [1.29, 1.82) is 0 Å². The molecule has 1 amide bonds. The minimum absolute atomic E-state index is 0.0624. The zero-order chi connectivity index (χ0) is 19.4. The van der Waals surface area contributed by atoms with Gasteiger partial charge in [0.1, 0.15) is 0 Å². The normalized spacial score (nSPS) is 19.1. The van der Waals surface area contributed by atoms with Gasteiger partial charge in [0.2, 0.25) is 0 Å². The van der Waals surface area contributed by atoms with E-state index in [9.17, 15) is 4.79 Å². The van der Waals surface area contributed by atoms with E-state index >= 15 is 0 Å². The Hall–Kier alpha value is -2.18. The fourth-order valence-electron chi connectivity index (χ4n) is 3.69. The van der Waals surface area contributed by atoms with Gasteiger partial charge < -0.3 is 10.1 Å². The third-order valence-electron chi connectivity index (χ3n) is 5.29. The Morgan fingerprint density at radius 2 is 1.96 bits per heavy atom. The Morgan fingerprint density at radius 1 is 1.26 bits per heavy atom. The topological polar surface area (TPSA) is 70.2 Å². The maximum atomic E-state index is 12.8. The number of nitrogens with one attached hydrogen (secondary N) is 2. The first-order valence-electron chi connectivity index (χ1n) is 9.83. The quantitative estimate of drug-likeness (QED) is 0.785. The molecule has 146 valence electrons. The number of aromatic amines is 1. The van der Waals surface area contributed by atoms with E-state index in [0.29, 0.717) is 18.7 Å². The van der Waals surface area contributed by atoms with Gasteiger partial charge in [0, 0.05) is 25.1 Å². The second kappa shape index (κ2) is 8.67. The molecular formula is C21H30N4O2. The first-order chi connectivity index (χ1) is 13.0. The second-order valence-electron chi connectivity index (χ2n) is 7.17. The lowest BCUT2D eigenvalue weighted by atomic mass is 9.99. The summed E-state index contributed by atoms with van der Waals surface area (Å²) in [5.41, 5.74) is 4.79. The molecule has 0 spiro atoms. The third-order valence-corrected chi connectivity index (χ3v) is 5.29. The number of H-pyrrole nitrogens is 1. The summed E-state index contributed by atoms with van der Waals surface area (Å²) in [6.45, 7) is 11.8. The fraction of sp³-hybridized carbons (Fsp3) is 0.524. The Kier molecular flexibility index (Phi) is 6.29. The van der Waals surface area contributed by atoms with E-state index in [2.05, 4.69) is 52.5 Å². The van der Waals surface area contributed by atoms with Gasteiger partial charge in [-0.1, -0.05) is 38.1 Å². The van der Waals surface area contributed by atoms with Crippen LogP contribution in [0.15, 0.2) is 24.3 Å². The first kappa shape index (κ1) is 19.6. The van der Waals surface area contributed by atoms with Crippen molar-refractivity contribution in [2.75, 3.05) is 13.1 Å². The molecule has 1 aromatic heterocycles. The van der Waals surface area contributed by atoms with Crippen molar-refractivity contribution in [3.63, 3.8) is 0 Å². The monoisotopic (exact) mass is 370 g/mol. The van der Waals surface area contributed by atoms with Crippen molar-refractivity contribution < 1.29 is 9.53 Å². The zero-order valence-electron chi connectivity index (χ0n) is 16.7. The molecule has 2 aromatic rings. The maximum absolute atomic E-state index is 12.8. The average Bonchev–Trinajstić information content (AvgIpc) is 3.09. The highest BCUT2D eigenvalue weighted by atomic mass is 16.5. The van der Waals surface area contributed by atoms with Crippen molar-refractivity contribution in [2.24, 2.45) is 0 Å². The minimum Gasteiger partial charge on any atom is -0.369 e. The van der Waals surface area contributed by atoms with E-state index in [0.717, 1.165) is 36.5 Å². The number of hydrogen-bond donors (Lipinski definition) is 2. The van der Waals surface area contributed by atoms with Gasteiger partial charge in [-0.3, -0.25) is 14.8 Å². The smallest absolute Gasteiger partial charge is 0.272 e. The summed E-state index contributed by atoms with van der Waals surface area (Å²) in [6.07, 6.45) is 0.733. The summed E-state index contributed by atoms with van der Waals surface area (Å²) in [5.74, 6) is -0.133. The molecule has 6 nitrogen and oxygen atoms in total. The molecule has 1 aliphatic heterocycles. The van der Waals surface area contributed by atoms with Crippen LogP contribution in [-0.4, -0.2) is 40.2 Å². The third kappa shape index (κ3) is 4.39. The number of ether oxygens (including phenoxy) is 1. The number of nitrogens with zero attached hydrogens (tertiary/aromatic N) is 2. The summed E-state index contributed by atoms with van der Waals surface area (Å²) in [6, 6.07) is 8.29. The second-order valence-corrected chi connectivity index (χ2v) is 7.17. The Bertz CT molecular complexity index is 782. The van der Waals surface area contributed by atoms with Crippen LogP contribution >= 0.6 is 0 Å². The van der Waals surface area contributed by atoms with Crippen molar-refractivity contribution in [1.82, 2.24) is 20.4 Å². The summed E-state index contributed by atoms with van der Waals surface area (Å²) in [5, 5.41) is 10.3. The molecule has 6 heteroatoms. The molecule has 0 fully saturated rings. The fourth-order valence-corrected chi connectivity index (χ4v) is 3.69. The molecule has 1 aromatic carbocycles. The van der Waals surface area contributed by atoms with Crippen LogP contribution in [0.1, 0.15) is 66.7 Å². The van der Waals surface area contributed by atoms with Crippen molar-refractivity contribution in [2.45, 2.75) is 59.4 Å². The lowest BCUT2D eigenvalue weighted by Gasteiger charge is -2.25. The zero-order valence-corrected chi connectivity index (χ0v) is 16.7. The van der Waals surface area contributed by atoms with Crippen molar-refractivity contribution in [3.8, 4) is 0 Å². The molecule has 2 N–H and O–H groups in total. The largest absolute Gasteiger partial charge is 0.369 e. The summed E-state index contributed by atoms with van der Waals surface area (Å²) >= 11 is 0. The molecule has 3 rings (SSSR count). The molecule has 2 heterocycles. The van der Waals surface area contributed by atoms with Gasteiger partial charge in [-0.05, 0) is 38.1 Å². The van der Waals surface area contributed by atoms with Crippen LogP contribution in [-0.2, 0) is 24.2 Å². The average molecular weight is 370 g/mol. The number of rotatable bonds is 7. The van der Waals surface area contributed by atoms with Gasteiger partial charge in [0.05, 0.1) is 17.9 Å². The molecular weight excluding hydrogens is 340 g/mol. The van der Waals surface area contributed by atoms with Crippen LogP contribution in [0.5, 0.6) is 0 Å². The van der Waals surface area contributed by atoms with Crippen LogP contribution < -0.4 is 5.32 Å². The van der Waals surface area contributed by atoms with Crippen LogP contribution in [0.2, 0.25) is 0 Å². The summed E-state index contributed by atoms with van der Waals surface area (Å²) < 4.78 is 5.80. The predicted molar refractivity (Wildman–Crippen MR) is 105 cm³/mol. The Balaban J connectivity index is 1.71. The van der Waals surface area contributed by atoms with Crippen molar-refractivity contribution in [3.05, 3.63) is 52.3 Å². The molecule has 0 radical (unpaired) electrons. The van der Waals surface area contributed by atoms with E-state index in [1.807, 2.05) is 19.9 Å². The number of fused-ring (bicyclic) bond motifs is 1. The van der Waals surface area contributed by atoms with E-state index in [1.165, 1.54) is 5.56 Å². The lowest BCUT2D eigenvalue weighted by Crippen LogP contribution is -2.28. The minimum atomic E-state index is -0.133. The van der Waals surface area contributed by atoms with Gasteiger partial charge in [-0.25, -0.2) is 0 Å². The van der Waals surface area contributed by atoms with Gasteiger partial charge >= 0.3 is 0 Å². The standard InChI is InChI=1S/C21H30N4O2/c1-5-25(6-2)13-17-10-8-7-9-16(17)12-22-21(26)20-18-11-14(3)27-15(4)19(18)23-24-20/h7-10,14-15H,5-6,11-13H2,1-4H3,(H,22,26)(H,23,24)/t14-,15+/m0/s1. The van der Waals surface area contributed by atoms with Gasteiger partial charge in [-0.15, -0.1) is 0 Å². The molecule has 0 saturated carbocycles. The number of benzene rings is 1. The Labute approximate surface area is 161 Å². The highest BCUT2D eigenvalue weighted by molar-refractivity contribution is 5.94. The number of carbonyl (C=O) groups excluding carboxylic acids is 1. The molecule has 0 saturated heterocycles.